The highest BCUT2D eigenvalue weighted by Crippen LogP contribution is 2.32. The number of hydrogen-bond donors (Lipinski definition) is 1. The number of amides is 1. The molecule has 0 saturated carbocycles. The molecule has 0 fully saturated rings. The lowest BCUT2D eigenvalue weighted by Crippen LogP contribution is -2.14. The summed E-state index contributed by atoms with van der Waals surface area (Å²) in [7, 11) is 1.41. The third kappa shape index (κ3) is 4.76. The summed E-state index contributed by atoms with van der Waals surface area (Å²) in [5.41, 5.74) is -1.25. The minimum Gasteiger partial charge on any atom is -0.496 e. The molecule has 0 atom stereocenters. The smallest absolute Gasteiger partial charge is 0.280 e. The summed E-state index contributed by atoms with van der Waals surface area (Å²) in [5.74, 6) is -6.85. The highest BCUT2D eigenvalue weighted by Gasteiger charge is 2.24. The lowest BCUT2D eigenvalue weighted by molar-refractivity contribution is 0.102. The van der Waals surface area contributed by atoms with Crippen LogP contribution in [-0.4, -0.2) is 37.4 Å². The molecule has 0 saturated heterocycles. The van der Waals surface area contributed by atoms with Crippen LogP contribution in [0.1, 0.15) is 28.0 Å². The molecular weight excluding hydrogens is 530 g/mol. The van der Waals surface area contributed by atoms with E-state index < -0.39 is 53.4 Å². The molecule has 3 heterocycles. The van der Waals surface area contributed by atoms with Crippen LogP contribution in [0.3, 0.4) is 0 Å². The number of nitrogens with one attached hydrogen (secondary N) is 1. The topological polar surface area (TPSA) is 86.3 Å². The quantitative estimate of drug-likeness (QED) is 0.218. The predicted molar refractivity (Wildman–Crippen MR) is 125 cm³/mol. The maximum absolute atomic E-state index is 14.0. The van der Waals surface area contributed by atoms with Crippen molar-refractivity contribution in [3.63, 3.8) is 0 Å². The van der Waals surface area contributed by atoms with Crippen molar-refractivity contribution in [3.8, 4) is 17.0 Å². The lowest BCUT2D eigenvalue weighted by atomic mass is 10.1. The number of rotatable bonds is 7. The summed E-state index contributed by atoms with van der Waals surface area (Å²) in [5, 5.41) is 10.2. The van der Waals surface area contributed by atoms with Crippen molar-refractivity contribution in [2.45, 2.75) is 13.0 Å². The van der Waals surface area contributed by atoms with Crippen LogP contribution in [0.15, 0.2) is 54.9 Å². The van der Waals surface area contributed by atoms with Gasteiger partial charge in [0.2, 0.25) is 0 Å². The number of halogens is 6. The van der Waals surface area contributed by atoms with E-state index in [4.69, 9.17) is 4.74 Å². The Morgan fingerprint density at radius 3 is 2.46 bits per heavy atom. The molecule has 0 bridgehead atoms. The number of benzene rings is 2. The molecule has 0 aliphatic heterocycles. The molecule has 0 aliphatic carbocycles. The molecule has 200 valence electrons. The molecule has 1 amide bonds. The Labute approximate surface area is 215 Å². The SMILES string of the molecule is COc1ccccc1-c1cc(C(F)F)n2ncc(C(=O)Nc3ccn(Cc4c(F)c(F)cc(F)c4F)n3)c2n1. The summed E-state index contributed by atoms with van der Waals surface area (Å²) < 4.78 is 89.9. The van der Waals surface area contributed by atoms with Crippen LogP contribution >= 0.6 is 0 Å². The van der Waals surface area contributed by atoms with Gasteiger partial charge in [0.15, 0.2) is 34.7 Å². The van der Waals surface area contributed by atoms with Gasteiger partial charge < -0.3 is 10.1 Å². The molecule has 5 aromatic rings. The molecule has 0 unspecified atom stereocenters. The number of alkyl halides is 2. The first kappa shape index (κ1) is 25.8. The van der Waals surface area contributed by atoms with Crippen molar-refractivity contribution >= 4 is 17.4 Å². The molecule has 1 N–H and O–H groups in total. The van der Waals surface area contributed by atoms with E-state index in [2.05, 4.69) is 20.5 Å². The van der Waals surface area contributed by atoms with Crippen LogP contribution in [-0.2, 0) is 6.54 Å². The first-order valence-corrected chi connectivity index (χ1v) is 11.1. The second-order valence-electron chi connectivity index (χ2n) is 8.16. The molecule has 2 aromatic carbocycles. The van der Waals surface area contributed by atoms with E-state index in [0.717, 1.165) is 21.5 Å². The number of ether oxygens (including phenoxy) is 1. The fourth-order valence-electron chi connectivity index (χ4n) is 3.92. The van der Waals surface area contributed by atoms with E-state index >= 15 is 0 Å². The van der Waals surface area contributed by atoms with Crippen molar-refractivity contribution < 1.29 is 35.9 Å². The van der Waals surface area contributed by atoms with Gasteiger partial charge in [-0.25, -0.2) is 35.8 Å². The van der Waals surface area contributed by atoms with E-state index in [-0.39, 0.29) is 28.8 Å². The van der Waals surface area contributed by atoms with Gasteiger partial charge >= 0.3 is 0 Å². The molecule has 8 nitrogen and oxygen atoms in total. The van der Waals surface area contributed by atoms with Crippen molar-refractivity contribution in [2.24, 2.45) is 0 Å². The average molecular weight is 546 g/mol. The molecule has 5 rings (SSSR count). The zero-order valence-corrected chi connectivity index (χ0v) is 19.8. The molecule has 39 heavy (non-hydrogen) atoms. The number of methoxy groups -OCH3 is 1. The van der Waals surface area contributed by atoms with Crippen molar-refractivity contribution in [2.75, 3.05) is 12.4 Å². The number of fused-ring (bicyclic) bond motifs is 1. The van der Waals surface area contributed by atoms with Crippen LogP contribution in [0.4, 0.5) is 32.2 Å². The van der Waals surface area contributed by atoms with Gasteiger partial charge in [-0.1, -0.05) is 12.1 Å². The van der Waals surface area contributed by atoms with Gasteiger partial charge in [-0.3, -0.25) is 9.48 Å². The zero-order chi connectivity index (χ0) is 27.8. The zero-order valence-electron chi connectivity index (χ0n) is 19.8. The number of carbonyl (C=O) groups excluding carboxylic acids is 1. The fraction of sp³-hybridized carbons (Fsp3) is 0.120. The summed E-state index contributed by atoms with van der Waals surface area (Å²) >= 11 is 0. The molecule has 0 radical (unpaired) electrons. The van der Waals surface area contributed by atoms with Gasteiger partial charge in [-0.2, -0.15) is 10.2 Å². The van der Waals surface area contributed by atoms with E-state index in [1.54, 1.807) is 24.3 Å². The summed E-state index contributed by atoms with van der Waals surface area (Å²) in [6.07, 6.45) is -0.698. The average Bonchev–Trinajstić information content (AvgIpc) is 3.56. The molecule has 3 aromatic heterocycles. The second kappa shape index (κ2) is 10.1. The monoisotopic (exact) mass is 546 g/mol. The summed E-state index contributed by atoms with van der Waals surface area (Å²) in [4.78, 5) is 17.4. The molecular formula is C25H16F6N6O2. The number of carbonyl (C=O) groups is 1. The van der Waals surface area contributed by atoms with E-state index in [1.165, 1.54) is 19.4 Å². The Hall–Kier alpha value is -4.88. The van der Waals surface area contributed by atoms with Crippen molar-refractivity contribution in [3.05, 3.63) is 94.9 Å². The van der Waals surface area contributed by atoms with Gasteiger partial charge in [-0.15, -0.1) is 0 Å². The Morgan fingerprint density at radius 1 is 1.05 bits per heavy atom. The maximum Gasteiger partial charge on any atom is 0.280 e. The Kier molecular flexibility index (Phi) is 6.68. The van der Waals surface area contributed by atoms with Gasteiger partial charge in [0.05, 0.1) is 31.1 Å². The summed E-state index contributed by atoms with van der Waals surface area (Å²) in [6, 6.07) is 9.09. The standard InChI is InChI=1S/C25H16F6N6O2/c1-39-19-5-3-2-4-12(19)17-9-18(23(30)31)37-24(33-17)13(10-32-37)25(38)34-20-6-7-36(35-20)11-14-21(28)15(26)8-16(27)22(14)29/h2-10,23H,11H2,1H3,(H,34,35,38). The van der Waals surface area contributed by atoms with Crippen LogP contribution in [0.25, 0.3) is 16.9 Å². The van der Waals surface area contributed by atoms with Crippen LogP contribution < -0.4 is 10.1 Å². The first-order chi connectivity index (χ1) is 18.7. The minimum atomic E-state index is -2.95. The summed E-state index contributed by atoms with van der Waals surface area (Å²) in [6.45, 7) is -0.680. The lowest BCUT2D eigenvalue weighted by Gasteiger charge is -2.11. The van der Waals surface area contributed by atoms with E-state index in [0.29, 0.717) is 11.3 Å². The Balaban J connectivity index is 1.46. The number of para-hydroxylation sites is 1. The third-order valence-electron chi connectivity index (χ3n) is 5.76. The largest absolute Gasteiger partial charge is 0.496 e. The maximum atomic E-state index is 14.0. The van der Waals surface area contributed by atoms with Crippen LogP contribution in [0.2, 0.25) is 0 Å². The van der Waals surface area contributed by atoms with Gasteiger partial charge in [0, 0.05) is 23.9 Å². The number of aromatic nitrogens is 5. The first-order valence-electron chi connectivity index (χ1n) is 11.1. The van der Waals surface area contributed by atoms with Gasteiger partial charge in [0.1, 0.15) is 17.0 Å². The Bertz CT molecular complexity index is 1690. The number of hydrogen-bond acceptors (Lipinski definition) is 5. The predicted octanol–water partition coefficient (Wildman–Crippen LogP) is 5.40. The highest BCUT2D eigenvalue weighted by atomic mass is 19.3. The van der Waals surface area contributed by atoms with E-state index in [9.17, 15) is 31.1 Å². The third-order valence-corrected chi connectivity index (χ3v) is 5.76. The number of nitrogens with zero attached hydrogens (tertiary/aromatic N) is 5. The van der Waals surface area contributed by atoms with Crippen LogP contribution in [0, 0.1) is 23.3 Å². The van der Waals surface area contributed by atoms with Crippen LogP contribution in [0.5, 0.6) is 5.75 Å². The van der Waals surface area contributed by atoms with Crippen molar-refractivity contribution in [1.29, 1.82) is 0 Å². The van der Waals surface area contributed by atoms with E-state index in [1.807, 2.05) is 0 Å². The van der Waals surface area contributed by atoms with Gasteiger partial charge in [0.25, 0.3) is 12.3 Å². The highest BCUT2D eigenvalue weighted by molar-refractivity contribution is 6.07. The molecule has 0 aliphatic rings. The van der Waals surface area contributed by atoms with Crippen molar-refractivity contribution in [1.82, 2.24) is 24.4 Å². The normalized spacial score (nSPS) is 11.4. The minimum absolute atomic E-state index is 0.0892. The fourth-order valence-corrected chi connectivity index (χ4v) is 3.92. The van der Waals surface area contributed by atoms with Gasteiger partial charge in [-0.05, 0) is 18.2 Å². The molecule has 14 heteroatoms. The second-order valence-corrected chi connectivity index (χ2v) is 8.16. The Morgan fingerprint density at radius 2 is 1.77 bits per heavy atom. The number of anilines is 1. The molecule has 0 spiro atoms.